The fourth-order valence-corrected chi connectivity index (χ4v) is 2.78. The molecule has 0 aliphatic carbocycles. The van der Waals surface area contributed by atoms with Gasteiger partial charge in [-0.15, -0.1) is 4.37 Å². The fraction of sp³-hybridized carbons (Fsp3) is 0.714. The van der Waals surface area contributed by atoms with Crippen molar-refractivity contribution in [2.24, 2.45) is 0 Å². The molecule has 130 valence electrons. The average molecular weight is 353 g/mol. The molecule has 23 heavy (non-hydrogen) atoms. The zero-order chi connectivity index (χ0) is 16.9. The van der Waals surface area contributed by atoms with Crippen LogP contribution in [0, 0.1) is 0 Å². The molecular formula is C14H19F4N3OS. The van der Waals surface area contributed by atoms with Gasteiger partial charge in [0.2, 0.25) is 5.92 Å². The van der Waals surface area contributed by atoms with Crippen molar-refractivity contribution in [3.05, 3.63) is 11.8 Å². The van der Waals surface area contributed by atoms with E-state index in [0.29, 0.717) is 24.2 Å². The Hall–Kier alpha value is -1.22. The Bertz CT molecular complexity index is 536. The molecule has 0 atom stereocenters. The lowest BCUT2D eigenvalue weighted by Crippen LogP contribution is -2.34. The smallest absolute Gasteiger partial charge is 0.295 e. The normalized spacial score (nSPS) is 16.7. The Balaban J connectivity index is 1.91. The number of ether oxygens (including phenoxy) is 1. The third kappa shape index (κ3) is 5.13. The molecule has 0 aromatic carbocycles. The molecule has 0 bridgehead atoms. The fourth-order valence-electron chi connectivity index (χ4n) is 2.25. The van der Waals surface area contributed by atoms with E-state index in [2.05, 4.69) is 8.75 Å². The second-order valence-electron chi connectivity index (χ2n) is 5.35. The van der Waals surface area contributed by atoms with E-state index >= 15 is 0 Å². The van der Waals surface area contributed by atoms with E-state index in [1.165, 1.54) is 6.92 Å². The molecule has 0 radical (unpaired) electrons. The van der Waals surface area contributed by atoms with Crippen LogP contribution in [0.25, 0.3) is 5.57 Å². The van der Waals surface area contributed by atoms with Crippen molar-refractivity contribution in [1.29, 1.82) is 0 Å². The second kappa shape index (κ2) is 8.05. The predicted octanol–water partition coefficient (Wildman–Crippen LogP) is 4.05. The monoisotopic (exact) mass is 353 g/mol. The van der Waals surface area contributed by atoms with Crippen molar-refractivity contribution in [3.63, 3.8) is 0 Å². The van der Waals surface area contributed by atoms with Crippen LogP contribution >= 0.6 is 11.7 Å². The van der Waals surface area contributed by atoms with Crippen molar-refractivity contribution >= 4 is 17.3 Å². The van der Waals surface area contributed by atoms with Gasteiger partial charge in [-0.3, -0.25) is 0 Å². The zero-order valence-corrected chi connectivity index (χ0v) is 13.6. The maximum atomic E-state index is 13.1. The van der Waals surface area contributed by atoms with E-state index < -0.39 is 12.5 Å². The van der Waals surface area contributed by atoms with Gasteiger partial charge in [-0.1, -0.05) is 13.0 Å². The highest BCUT2D eigenvalue weighted by atomic mass is 32.1. The van der Waals surface area contributed by atoms with Gasteiger partial charge in [-0.05, 0) is 18.4 Å². The summed E-state index contributed by atoms with van der Waals surface area (Å²) in [5.74, 6) is -2.45. The van der Waals surface area contributed by atoms with Crippen molar-refractivity contribution in [1.82, 2.24) is 13.6 Å². The van der Waals surface area contributed by atoms with Crippen LogP contribution < -0.4 is 4.74 Å². The zero-order valence-electron chi connectivity index (χ0n) is 12.8. The van der Waals surface area contributed by atoms with Gasteiger partial charge in [0, 0.05) is 25.9 Å². The molecule has 0 unspecified atom stereocenters. The summed E-state index contributed by atoms with van der Waals surface area (Å²) >= 11 is 0.918. The van der Waals surface area contributed by atoms with Crippen LogP contribution in [0.15, 0.2) is 6.08 Å². The largest absolute Gasteiger partial charge is 0.475 e. The molecule has 0 spiro atoms. The Morgan fingerprint density at radius 2 is 2.17 bits per heavy atom. The van der Waals surface area contributed by atoms with E-state index in [1.807, 2.05) is 6.08 Å². The molecule has 0 saturated carbocycles. The lowest BCUT2D eigenvalue weighted by atomic mass is 10.1. The van der Waals surface area contributed by atoms with Crippen molar-refractivity contribution in [2.75, 3.05) is 19.7 Å². The standard InChI is InChI=1S/C14H19F4N3OS/c1-2-14(17,18)6-4-8-22-12-11(19-23-20-12)10-5-3-7-21(9-10)13(15)16/h5,13H,2-4,6-9H2,1H3. The minimum atomic E-state index is -2.68. The molecule has 1 aliphatic heterocycles. The summed E-state index contributed by atoms with van der Waals surface area (Å²) in [7, 11) is 0. The number of hydrogen-bond acceptors (Lipinski definition) is 5. The van der Waals surface area contributed by atoms with Gasteiger partial charge in [0.25, 0.3) is 12.4 Å². The number of aromatic nitrogens is 2. The molecule has 1 aromatic heterocycles. The molecule has 0 fully saturated rings. The van der Waals surface area contributed by atoms with E-state index in [4.69, 9.17) is 4.74 Å². The number of hydrogen-bond donors (Lipinski definition) is 0. The number of alkyl halides is 4. The Morgan fingerprint density at radius 3 is 2.87 bits per heavy atom. The molecular weight excluding hydrogens is 334 g/mol. The molecule has 2 rings (SSSR count). The first-order chi connectivity index (χ1) is 10.9. The first-order valence-corrected chi connectivity index (χ1v) is 8.21. The third-order valence-electron chi connectivity index (χ3n) is 3.66. The molecule has 0 saturated heterocycles. The van der Waals surface area contributed by atoms with Crippen molar-refractivity contribution in [2.45, 2.75) is 45.1 Å². The van der Waals surface area contributed by atoms with Gasteiger partial charge in [0.05, 0.1) is 18.3 Å². The van der Waals surface area contributed by atoms with Crippen LogP contribution in [-0.4, -0.2) is 45.8 Å². The summed E-state index contributed by atoms with van der Waals surface area (Å²) in [6, 6.07) is 0. The van der Waals surface area contributed by atoms with Crippen molar-refractivity contribution < 1.29 is 22.3 Å². The molecule has 1 aromatic rings. The van der Waals surface area contributed by atoms with E-state index in [9.17, 15) is 17.6 Å². The van der Waals surface area contributed by atoms with Crippen LogP contribution in [0.5, 0.6) is 5.88 Å². The SMILES string of the molecule is CCC(F)(F)CCCOc1nsnc1C1=CCCN(C(F)F)C1. The molecule has 9 heteroatoms. The molecule has 0 amide bonds. The highest BCUT2D eigenvalue weighted by Gasteiger charge is 2.26. The Morgan fingerprint density at radius 1 is 1.39 bits per heavy atom. The Labute approximate surface area is 136 Å². The topological polar surface area (TPSA) is 38.3 Å². The van der Waals surface area contributed by atoms with E-state index in [0.717, 1.165) is 16.6 Å². The third-order valence-corrected chi connectivity index (χ3v) is 4.17. The quantitative estimate of drug-likeness (QED) is 0.401. The second-order valence-corrected chi connectivity index (χ2v) is 5.87. The summed E-state index contributed by atoms with van der Waals surface area (Å²) in [6.45, 7) is -0.618. The maximum absolute atomic E-state index is 13.1. The van der Waals surface area contributed by atoms with Crippen LogP contribution in [-0.2, 0) is 0 Å². The molecule has 1 aliphatic rings. The minimum absolute atomic E-state index is 0.0767. The summed E-state index contributed by atoms with van der Waals surface area (Å²) < 4.78 is 65.4. The predicted molar refractivity (Wildman–Crippen MR) is 80.0 cm³/mol. The summed E-state index contributed by atoms with van der Waals surface area (Å²) in [5, 5.41) is 0. The number of halogens is 4. The Kier molecular flexibility index (Phi) is 6.34. The highest BCUT2D eigenvalue weighted by molar-refractivity contribution is 6.99. The highest BCUT2D eigenvalue weighted by Crippen LogP contribution is 2.29. The number of nitrogens with zero attached hydrogens (tertiary/aromatic N) is 3. The first kappa shape index (κ1) is 18.1. The average Bonchev–Trinajstić information content (AvgIpc) is 3.00. The maximum Gasteiger partial charge on any atom is 0.295 e. The van der Waals surface area contributed by atoms with Crippen LogP contribution in [0.3, 0.4) is 0 Å². The lowest BCUT2D eigenvalue weighted by molar-refractivity contribution is -0.0188. The summed E-state index contributed by atoms with van der Waals surface area (Å²) in [6.07, 6.45) is 2.08. The first-order valence-electron chi connectivity index (χ1n) is 7.47. The minimum Gasteiger partial charge on any atom is -0.475 e. The van der Waals surface area contributed by atoms with E-state index in [1.54, 1.807) is 0 Å². The van der Waals surface area contributed by atoms with Gasteiger partial charge in [0.15, 0.2) is 0 Å². The van der Waals surface area contributed by atoms with Crippen LogP contribution in [0.2, 0.25) is 0 Å². The molecule has 4 nitrogen and oxygen atoms in total. The molecule has 0 N–H and O–H groups in total. The van der Waals surface area contributed by atoms with Crippen LogP contribution in [0.1, 0.15) is 38.3 Å². The van der Waals surface area contributed by atoms with Gasteiger partial charge < -0.3 is 4.74 Å². The van der Waals surface area contributed by atoms with Crippen molar-refractivity contribution in [3.8, 4) is 5.88 Å². The summed E-state index contributed by atoms with van der Waals surface area (Å²) in [4.78, 5) is 1.04. The lowest BCUT2D eigenvalue weighted by Gasteiger charge is -2.25. The van der Waals surface area contributed by atoms with Gasteiger partial charge in [0.1, 0.15) is 5.69 Å². The van der Waals surface area contributed by atoms with Gasteiger partial charge in [-0.2, -0.15) is 13.2 Å². The number of rotatable bonds is 8. The van der Waals surface area contributed by atoms with Crippen LogP contribution in [0.4, 0.5) is 17.6 Å². The van der Waals surface area contributed by atoms with Gasteiger partial charge in [-0.25, -0.2) is 13.7 Å². The van der Waals surface area contributed by atoms with Gasteiger partial charge >= 0.3 is 0 Å². The van der Waals surface area contributed by atoms with E-state index in [-0.39, 0.29) is 38.3 Å². The summed E-state index contributed by atoms with van der Waals surface area (Å²) in [5.41, 5.74) is 1.07. The molecule has 2 heterocycles.